The average molecular weight is 533 g/mol. The lowest BCUT2D eigenvalue weighted by Gasteiger charge is -2.37. The van der Waals surface area contributed by atoms with E-state index in [1.165, 1.54) is 11.0 Å². The highest BCUT2D eigenvalue weighted by atomic mass is 16.6. The summed E-state index contributed by atoms with van der Waals surface area (Å²) in [6.07, 6.45) is 3.90. The van der Waals surface area contributed by atoms with Crippen LogP contribution in [-0.4, -0.2) is 71.3 Å². The number of likely N-dealkylation sites (tertiary alicyclic amines) is 1. The molecule has 39 heavy (non-hydrogen) atoms. The van der Waals surface area contributed by atoms with Gasteiger partial charge in [0.05, 0.1) is 11.5 Å². The molecule has 3 aliphatic heterocycles. The molecule has 2 bridgehead atoms. The Morgan fingerprint density at radius 2 is 1.95 bits per heavy atom. The number of rotatable bonds is 10. The number of nitrogens with zero attached hydrogens (tertiary/aromatic N) is 2. The molecule has 0 aromatic heterocycles. The van der Waals surface area contributed by atoms with Crippen molar-refractivity contribution in [3.63, 3.8) is 0 Å². The van der Waals surface area contributed by atoms with Gasteiger partial charge in [-0.05, 0) is 48.6 Å². The highest BCUT2D eigenvalue weighted by Crippen LogP contribution is 2.65. The van der Waals surface area contributed by atoms with Crippen molar-refractivity contribution in [3.05, 3.63) is 67.8 Å². The number of anilines is 1. The van der Waals surface area contributed by atoms with Crippen molar-refractivity contribution < 1.29 is 29.0 Å². The molecule has 206 valence electrons. The average Bonchev–Trinajstić information content (AvgIpc) is 3.44. The van der Waals surface area contributed by atoms with E-state index in [1.54, 1.807) is 11.0 Å². The Bertz CT molecular complexity index is 1330. The number of aliphatic hydroxyl groups is 1. The fourth-order valence-corrected chi connectivity index (χ4v) is 7.03. The zero-order valence-electron chi connectivity index (χ0n) is 22.5. The van der Waals surface area contributed by atoms with Crippen molar-refractivity contribution in [2.24, 2.45) is 17.8 Å². The largest absolute Gasteiger partial charge is 0.461 e. The number of amides is 2. The van der Waals surface area contributed by atoms with Crippen molar-refractivity contribution in [3.8, 4) is 0 Å². The number of aliphatic hydroxyl groups excluding tert-OH is 1. The second kappa shape index (κ2) is 10.2. The van der Waals surface area contributed by atoms with Crippen molar-refractivity contribution in [1.82, 2.24) is 4.90 Å². The topological polar surface area (TPSA) is 96.4 Å². The summed E-state index contributed by atoms with van der Waals surface area (Å²) < 4.78 is 12.2. The predicted octanol–water partition coefficient (Wildman–Crippen LogP) is 3.48. The van der Waals surface area contributed by atoms with Gasteiger partial charge in [0.15, 0.2) is 0 Å². The van der Waals surface area contributed by atoms with E-state index in [0.29, 0.717) is 18.5 Å². The van der Waals surface area contributed by atoms with Crippen LogP contribution in [0.3, 0.4) is 0 Å². The summed E-state index contributed by atoms with van der Waals surface area (Å²) in [7, 11) is 0. The van der Waals surface area contributed by atoms with E-state index in [2.05, 4.69) is 13.2 Å². The zero-order valence-corrected chi connectivity index (χ0v) is 22.5. The maximum Gasteiger partial charge on any atom is 0.313 e. The third-order valence-electron chi connectivity index (χ3n) is 8.83. The molecule has 6 atom stereocenters. The van der Waals surface area contributed by atoms with Gasteiger partial charge < -0.3 is 24.4 Å². The van der Waals surface area contributed by atoms with Crippen molar-refractivity contribution in [2.75, 3.05) is 31.2 Å². The molecule has 0 aliphatic carbocycles. The summed E-state index contributed by atoms with van der Waals surface area (Å²) in [5.74, 6) is -2.92. The molecule has 0 saturated carbocycles. The SMILES string of the molecule is C=CCOC(=O)[C@H]1[C@H]2C(=O)N(CCCO)C(C(=O)N(CC=C)c3ccc4ccccc4c3)C23CC(C)[C@]1(C)O3. The predicted molar refractivity (Wildman–Crippen MR) is 148 cm³/mol. The first-order valence-corrected chi connectivity index (χ1v) is 13.5. The van der Waals surface area contributed by atoms with Gasteiger partial charge in [-0.3, -0.25) is 14.4 Å². The third-order valence-corrected chi connectivity index (χ3v) is 8.83. The Balaban J connectivity index is 1.60. The first-order chi connectivity index (χ1) is 18.7. The highest BCUT2D eigenvalue weighted by molar-refractivity contribution is 6.05. The molecule has 2 amide bonds. The first kappa shape index (κ1) is 27.1. The Kier molecular flexibility index (Phi) is 7.11. The highest BCUT2D eigenvalue weighted by Gasteiger charge is 2.80. The standard InChI is InChI=1S/C31H36N2O6/c1-5-14-32(23-13-12-21-10-7-8-11-22(21)18-23)28(36)26-31-19-20(3)30(4,39-31)25(29(37)38-17-6-2)24(31)27(35)33(26)15-9-16-34/h5-8,10-13,18,20,24-26,34H,1-2,9,14-17,19H2,3-4H3/t20?,24-,25+,26?,30-,31?/m0/s1. The van der Waals surface area contributed by atoms with Crippen LogP contribution < -0.4 is 4.90 Å². The van der Waals surface area contributed by atoms with Gasteiger partial charge >= 0.3 is 5.97 Å². The molecule has 1 spiro atoms. The van der Waals surface area contributed by atoms with Gasteiger partial charge in [-0.2, -0.15) is 0 Å². The van der Waals surface area contributed by atoms with Gasteiger partial charge in [-0.1, -0.05) is 56.0 Å². The molecule has 3 unspecified atom stereocenters. The van der Waals surface area contributed by atoms with Crippen LogP contribution in [-0.2, 0) is 23.9 Å². The van der Waals surface area contributed by atoms with Crippen molar-refractivity contribution in [2.45, 2.75) is 43.9 Å². The summed E-state index contributed by atoms with van der Waals surface area (Å²) >= 11 is 0. The molecule has 0 radical (unpaired) electrons. The van der Waals surface area contributed by atoms with Crippen LogP contribution in [0.4, 0.5) is 5.69 Å². The van der Waals surface area contributed by atoms with E-state index in [4.69, 9.17) is 9.47 Å². The second-order valence-corrected chi connectivity index (χ2v) is 11.0. The molecular formula is C31H36N2O6. The number of ether oxygens (including phenoxy) is 2. The van der Waals surface area contributed by atoms with Crippen LogP contribution in [0.15, 0.2) is 67.8 Å². The molecule has 3 fully saturated rings. The van der Waals surface area contributed by atoms with E-state index in [-0.39, 0.29) is 44.0 Å². The van der Waals surface area contributed by atoms with E-state index < -0.39 is 35.0 Å². The van der Waals surface area contributed by atoms with Crippen LogP contribution in [0, 0.1) is 17.8 Å². The molecule has 3 aliphatic rings. The van der Waals surface area contributed by atoms with Crippen LogP contribution >= 0.6 is 0 Å². The number of hydrogen-bond donors (Lipinski definition) is 1. The molecule has 3 saturated heterocycles. The molecule has 2 aromatic carbocycles. The number of carbonyl (C=O) groups is 3. The molecule has 8 nitrogen and oxygen atoms in total. The summed E-state index contributed by atoms with van der Waals surface area (Å²) in [5, 5.41) is 11.6. The molecule has 1 N–H and O–H groups in total. The fourth-order valence-electron chi connectivity index (χ4n) is 7.03. The summed E-state index contributed by atoms with van der Waals surface area (Å²) in [6, 6.07) is 12.7. The molecule has 3 heterocycles. The second-order valence-electron chi connectivity index (χ2n) is 11.0. The summed E-state index contributed by atoms with van der Waals surface area (Å²) in [4.78, 5) is 45.1. The van der Waals surface area contributed by atoms with E-state index in [1.807, 2.05) is 56.3 Å². The van der Waals surface area contributed by atoms with Crippen molar-refractivity contribution in [1.29, 1.82) is 0 Å². The minimum Gasteiger partial charge on any atom is -0.461 e. The smallest absolute Gasteiger partial charge is 0.313 e. The normalized spacial score (nSPS) is 30.8. The van der Waals surface area contributed by atoms with Crippen LogP contribution in [0.5, 0.6) is 0 Å². The van der Waals surface area contributed by atoms with Crippen LogP contribution in [0.2, 0.25) is 0 Å². The first-order valence-electron chi connectivity index (χ1n) is 13.5. The molecule has 8 heteroatoms. The summed E-state index contributed by atoms with van der Waals surface area (Å²) in [5.41, 5.74) is -1.46. The maximum absolute atomic E-state index is 14.6. The Hall–Kier alpha value is -3.49. The van der Waals surface area contributed by atoms with Gasteiger partial charge in [-0.25, -0.2) is 0 Å². The number of carbonyl (C=O) groups excluding carboxylic acids is 3. The monoisotopic (exact) mass is 532 g/mol. The van der Waals surface area contributed by atoms with Gasteiger partial charge in [0, 0.05) is 25.4 Å². The third kappa shape index (κ3) is 4.08. The number of benzene rings is 2. The molecule has 5 rings (SSSR count). The Labute approximate surface area is 228 Å². The quantitative estimate of drug-likeness (QED) is 0.372. The Morgan fingerprint density at radius 1 is 1.21 bits per heavy atom. The molecular weight excluding hydrogens is 496 g/mol. The lowest BCUT2D eigenvalue weighted by molar-refractivity contribution is -0.160. The number of hydrogen-bond acceptors (Lipinski definition) is 6. The lowest BCUT2D eigenvalue weighted by atomic mass is 9.62. The lowest BCUT2D eigenvalue weighted by Crippen LogP contribution is -2.57. The maximum atomic E-state index is 14.6. The molecule has 2 aromatic rings. The number of esters is 1. The Morgan fingerprint density at radius 3 is 2.64 bits per heavy atom. The van der Waals surface area contributed by atoms with Gasteiger partial charge in [0.2, 0.25) is 5.91 Å². The van der Waals surface area contributed by atoms with Crippen molar-refractivity contribution >= 4 is 34.2 Å². The van der Waals surface area contributed by atoms with Crippen LogP contribution in [0.25, 0.3) is 10.8 Å². The van der Waals surface area contributed by atoms with Gasteiger partial charge in [0.25, 0.3) is 5.91 Å². The fraction of sp³-hybridized carbons (Fsp3) is 0.452. The van der Waals surface area contributed by atoms with Gasteiger partial charge in [0.1, 0.15) is 24.2 Å². The van der Waals surface area contributed by atoms with Crippen LogP contribution in [0.1, 0.15) is 26.7 Å². The minimum atomic E-state index is -1.19. The summed E-state index contributed by atoms with van der Waals surface area (Å²) in [6.45, 7) is 11.6. The van der Waals surface area contributed by atoms with E-state index in [0.717, 1.165) is 10.8 Å². The van der Waals surface area contributed by atoms with E-state index in [9.17, 15) is 19.5 Å². The number of fused-ring (bicyclic) bond motifs is 2. The van der Waals surface area contributed by atoms with Gasteiger partial charge in [-0.15, -0.1) is 6.58 Å². The van der Waals surface area contributed by atoms with E-state index >= 15 is 0 Å². The minimum absolute atomic E-state index is 0.0271. The zero-order chi connectivity index (χ0) is 27.9.